The monoisotopic (exact) mass is 877 g/mol. The molecule has 0 spiro atoms. The summed E-state index contributed by atoms with van der Waals surface area (Å²) < 4.78 is 2.21. The van der Waals surface area contributed by atoms with Crippen LogP contribution < -0.4 is 21.1 Å². The van der Waals surface area contributed by atoms with Gasteiger partial charge in [-0.25, -0.2) is 10.9 Å². The number of hydrogen-bond donors (Lipinski definition) is 4. The van der Waals surface area contributed by atoms with Gasteiger partial charge in [0.25, 0.3) is 11.8 Å². The number of carbonyl (C=O) groups is 2. The molecule has 4 rings (SSSR count). The van der Waals surface area contributed by atoms with Crippen LogP contribution >= 0.6 is 63.7 Å². The van der Waals surface area contributed by atoms with Gasteiger partial charge in [-0.1, -0.05) is 99.5 Å². The zero-order valence-electron chi connectivity index (χ0n) is 21.4. The topological polar surface area (TPSA) is 169 Å². The number of benzene rings is 4. The smallest absolute Gasteiger partial charge is 0.871 e. The molecule has 4 aromatic carbocycles. The molecule has 0 aliphatic rings. The molecule has 0 saturated carbocycles. The maximum absolute atomic E-state index is 11.8. The van der Waals surface area contributed by atoms with E-state index in [1.54, 1.807) is 48.5 Å². The Labute approximate surface area is 289 Å². The van der Waals surface area contributed by atoms with Crippen LogP contribution in [0.2, 0.25) is 0 Å². The SMILES string of the molecule is O=C(NN=Cc1cc(Br)cc(Br)c1[O-])c1ccccc1O.O=C(NN=Cc1cc(Br)cc(Br)c1[O-])c1ccccc1O.[Mn+2]. The molecule has 0 saturated heterocycles. The van der Waals surface area contributed by atoms with Crippen LogP contribution in [0.25, 0.3) is 0 Å². The molecule has 0 fully saturated rings. The fourth-order valence-electron chi connectivity index (χ4n) is 3.12. The first-order chi connectivity index (χ1) is 20.0. The molecule has 4 aromatic rings. The van der Waals surface area contributed by atoms with Gasteiger partial charge in [0.1, 0.15) is 11.5 Å². The molecular weight excluding hydrogens is 863 g/mol. The summed E-state index contributed by atoms with van der Waals surface area (Å²) in [5.41, 5.74) is 5.35. The summed E-state index contributed by atoms with van der Waals surface area (Å²) in [4.78, 5) is 23.6. The second-order valence-electron chi connectivity index (χ2n) is 8.04. The van der Waals surface area contributed by atoms with Gasteiger partial charge in [-0.15, -0.1) is 0 Å². The van der Waals surface area contributed by atoms with Crippen LogP contribution in [0.5, 0.6) is 23.0 Å². The molecular formula is C28H18Br4MnN4O6. The summed E-state index contributed by atoms with van der Waals surface area (Å²) >= 11 is 12.8. The van der Waals surface area contributed by atoms with Gasteiger partial charge in [0.05, 0.1) is 23.6 Å². The second-order valence-corrected chi connectivity index (χ2v) is 11.6. The van der Waals surface area contributed by atoms with Crippen LogP contribution in [-0.2, 0) is 17.1 Å². The van der Waals surface area contributed by atoms with E-state index in [1.807, 2.05) is 0 Å². The maximum Gasteiger partial charge on any atom is 2.00 e. The van der Waals surface area contributed by atoms with E-state index in [9.17, 15) is 30.0 Å². The Balaban J connectivity index is 0.000000293. The first kappa shape index (κ1) is 36.0. The first-order valence-electron chi connectivity index (χ1n) is 11.5. The van der Waals surface area contributed by atoms with Gasteiger partial charge in [-0.2, -0.15) is 10.2 Å². The maximum atomic E-state index is 11.8. The minimum absolute atomic E-state index is 0. The quantitative estimate of drug-likeness (QED) is 0.113. The summed E-state index contributed by atoms with van der Waals surface area (Å²) in [5, 5.41) is 50.1. The third-order valence-electron chi connectivity index (χ3n) is 5.11. The van der Waals surface area contributed by atoms with Gasteiger partial charge in [0.2, 0.25) is 0 Å². The van der Waals surface area contributed by atoms with Crippen molar-refractivity contribution >= 4 is 88.0 Å². The van der Waals surface area contributed by atoms with Crippen molar-refractivity contribution in [3.8, 4) is 23.0 Å². The fourth-order valence-corrected chi connectivity index (χ4v) is 5.64. The summed E-state index contributed by atoms with van der Waals surface area (Å²) in [5.74, 6) is -1.88. The number of halogens is 4. The van der Waals surface area contributed by atoms with Gasteiger partial charge in [0.15, 0.2) is 0 Å². The normalized spacial score (nSPS) is 10.5. The Morgan fingerprint density at radius 3 is 1.35 bits per heavy atom. The van der Waals surface area contributed by atoms with Gasteiger partial charge < -0.3 is 20.4 Å². The van der Waals surface area contributed by atoms with Crippen LogP contribution in [0.3, 0.4) is 0 Å². The van der Waals surface area contributed by atoms with Crippen molar-refractivity contribution in [1.82, 2.24) is 10.9 Å². The Morgan fingerprint density at radius 1 is 0.651 bits per heavy atom. The van der Waals surface area contributed by atoms with Gasteiger partial charge in [0, 0.05) is 17.9 Å². The standard InChI is InChI=1S/2C14H10Br2N2O3.Mn/c2*15-9-5-8(13(20)11(16)6-9)7-17-18-14(21)10-3-1-2-4-12(10)19;/h2*1-7,19-20H,(H,18,21);/q;;+2/p-2. The van der Waals surface area contributed by atoms with Crippen molar-refractivity contribution in [2.75, 3.05) is 0 Å². The number of aromatic hydroxyl groups is 2. The number of carbonyl (C=O) groups excluding carboxylic acids is 2. The predicted molar refractivity (Wildman–Crippen MR) is 169 cm³/mol. The van der Waals surface area contributed by atoms with Gasteiger partial charge >= 0.3 is 17.1 Å². The molecule has 0 heterocycles. The number of nitrogens with one attached hydrogen (secondary N) is 2. The molecule has 221 valence electrons. The van der Waals surface area contributed by atoms with Crippen molar-refractivity contribution in [2.45, 2.75) is 0 Å². The van der Waals surface area contributed by atoms with Gasteiger partial charge in [-0.05, 0) is 59.7 Å². The summed E-state index contributed by atoms with van der Waals surface area (Å²) in [7, 11) is 0. The zero-order valence-corrected chi connectivity index (χ0v) is 28.9. The van der Waals surface area contributed by atoms with E-state index in [0.717, 1.165) is 0 Å². The molecule has 43 heavy (non-hydrogen) atoms. The first-order valence-corrected chi connectivity index (χ1v) is 14.7. The average Bonchev–Trinajstić information content (AvgIpc) is 2.94. The Kier molecular flexibility index (Phi) is 14.4. The molecule has 0 atom stereocenters. The number of phenols is 2. The molecule has 0 bridgehead atoms. The molecule has 2 amide bonds. The number of para-hydroxylation sites is 2. The minimum Gasteiger partial charge on any atom is -0.871 e. The molecule has 4 N–H and O–H groups in total. The van der Waals surface area contributed by atoms with Crippen molar-refractivity contribution in [1.29, 1.82) is 0 Å². The van der Waals surface area contributed by atoms with E-state index >= 15 is 0 Å². The average molecular weight is 881 g/mol. The molecule has 15 heteroatoms. The van der Waals surface area contributed by atoms with E-state index in [4.69, 9.17) is 0 Å². The third-order valence-corrected chi connectivity index (χ3v) is 7.20. The summed E-state index contributed by atoms with van der Waals surface area (Å²) in [6.45, 7) is 0. The summed E-state index contributed by atoms with van der Waals surface area (Å²) in [6.07, 6.45) is 2.49. The molecule has 0 unspecified atom stereocenters. The minimum atomic E-state index is -0.564. The number of nitrogens with zero attached hydrogens (tertiary/aromatic N) is 2. The number of hydrazone groups is 2. The van der Waals surface area contributed by atoms with Crippen molar-refractivity contribution < 1.29 is 47.1 Å². The van der Waals surface area contributed by atoms with E-state index in [0.29, 0.717) is 29.0 Å². The number of phenolic OH excluding ortho intramolecular Hbond substituents is 2. The van der Waals surface area contributed by atoms with Crippen LogP contribution in [0.1, 0.15) is 31.8 Å². The molecule has 1 radical (unpaired) electrons. The van der Waals surface area contributed by atoms with Crippen molar-refractivity contribution in [3.05, 3.63) is 113 Å². The Hall–Kier alpha value is -3.20. The van der Waals surface area contributed by atoms with Crippen LogP contribution in [0.4, 0.5) is 0 Å². The van der Waals surface area contributed by atoms with E-state index in [2.05, 4.69) is 84.8 Å². The van der Waals surface area contributed by atoms with Crippen LogP contribution in [0, 0.1) is 0 Å². The van der Waals surface area contributed by atoms with E-state index in [1.165, 1.54) is 36.7 Å². The Morgan fingerprint density at radius 2 is 1.00 bits per heavy atom. The third kappa shape index (κ3) is 10.5. The second kappa shape index (κ2) is 17.2. The Bertz CT molecular complexity index is 1560. The van der Waals surface area contributed by atoms with Gasteiger partial charge in [-0.3, -0.25) is 9.59 Å². The van der Waals surface area contributed by atoms with Crippen LogP contribution in [0.15, 0.2) is 101 Å². The van der Waals surface area contributed by atoms with E-state index < -0.39 is 11.8 Å². The predicted octanol–water partition coefficient (Wildman–Crippen LogP) is 5.51. The summed E-state index contributed by atoms with van der Waals surface area (Å²) in [6, 6.07) is 18.6. The number of rotatable bonds is 6. The largest absolute Gasteiger partial charge is 2.00 e. The number of amides is 2. The molecule has 0 aromatic heterocycles. The van der Waals surface area contributed by atoms with Crippen molar-refractivity contribution in [2.24, 2.45) is 10.2 Å². The van der Waals surface area contributed by atoms with Crippen molar-refractivity contribution in [3.63, 3.8) is 0 Å². The zero-order chi connectivity index (χ0) is 30.8. The molecule has 10 nitrogen and oxygen atoms in total. The molecule has 0 aliphatic heterocycles. The number of hydrogen-bond acceptors (Lipinski definition) is 8. The molecule has 0 aliphatic carbocycles. The fraction of sp³-hybridized carbons (Fsp3) is 0. The van der Waals surface area contributed by atoms with Crippen LogP contribution in [-0.4, -0.2) is 34.5 Å². The van der Waals surface area contributed by atoms with E-state index in [-0.39, 0.29) is 51.2 Å².